The smallest absolute Gasteiger partial charge is 0.264 e. The Morgan fingerprint density at radius 3 is 2.29 bits per heavy atom. The monoisotopic (exact) mass is 243 g/mol. The van der Waals surface area contributed by atoms with Crippen molar-refractivity contribution in [2.45, 2.75) is 6.42 Å². The fourth-order valence-electron chi connectivity index (χ4n) is 0.696. The number of hydrogen-bond donors (Lipinski definition) is 2. The highest BCUT2D eigenvalue weighted by molar-refractivity contribution is 7.89. The van der Waals surface area contributed by atoms with E-state index in [-0.39, 0.29) is 18.7 Å². The Kier molecular flexibility index (Phi) is 5.27. The van der Waals surface area contributed by atoms with E-state index < -0.39 is 25.9 Å². The van der Waals surface area contributed by atoms with Crippen molar-refractivity contribution >= 4 is 20.1 Å². The lowest BCUT2D eigenvalue weighted by Crippen LogP contribution is -2.27. The van der Waals surface area contributed by atoms with Crippen molar-refractivity contribution in [3.05, 3.63) is 12.7 Å². The number of nitrogens with one attached hydrogen (secondary N) is 1. The van der Waals surface area contributed by atoms with Crippen molar-refractivity contribution in [2.75, 3.05) is 18.1 Å². The average Bonchev–Trinajstić information content (AvgIpc) is 1.96. The van der Waals surface area contributed by atoms with Gasteiger partial charge in [0.2, 0.25) is 10.0 Å². The van der Waals surface area contributed by atoms with Gasteiger partial charge in [-0.25, -0.2) is 13.1 Å². The SMILES string of the molecule is C=CCS(=O)(=O)NCCCS(=O)(=O)O. The normalized spacial score (nSPS) is 12.6. The fraction of sp³-hybridized carbons (Fsp3) is 0.667. The minimum absolute atomic E-state index is 0.0179. The predicted molar refractivity (Wildman–Crippen MR) is 53.0 cm³/mol. The van der Waals surface area contributed by atoms with Gasteiger partial charge in [0.15, 0.2) is 0 Å². The third-order valence-corrected chi connectivity index (χ3v) is 3.36. The molecule has 14 heavy (non-hydrogen) atoms. The highest BCUT2D eigenvalue weighted by Crippen LogP contribution is 1.89. The van der Waals surface area contributed by atoms with E-state index in [9.17, 15) is 16.8 Å². The van der Waals surface area contributed by atoms with Crippen LogP contribution >= 0.6 is 0 Å². The van der Waals surface area contributed by atoms with Crippen LogP contribution in [0.5, 0.6) is 0 Å². The van der Waals surface area contributed by atoms with E-state index in [0.717, 1.165) is 0 Å². The number of sulfonamides is 1. The molecular weight excluding hydrogens is 230 g/mol. The molecule has 8 heteroatoms. The number of hydrogen-bond acceptors (Lipinski definition) is 4. The summed E-state index contributed by atoms with van der Waals surface area (Å²) in [5, 5.41) is 0. The summed E-state index contributed by atoms with van der Waals surface area (Å²) in [7, 11) is -7.40. The quantitative estimate of drug-likeness (QED) is 0.352. The van der Waals surface area contributed by atoms with Gasteiger partial charge in [-0.05, 0) is 6.42 Å². The molecule has 0 radical (unpaired) electrons. The second kappa shape index (κ2) is 5.44. The Morgan fingerprint density at radius 2 is 1.86 bits per heavy atom. The Hall–Kier alpha value is -0.440. The summed E-state index contributed by atoms with van der Waals surface area (Å²) in [4.78, 5) is 0. The second-order valence-corrected chi connectivity index (χ2v) is 6.03. The molecule has 0 aromatic rings. The zero-order chi connectivity index (χ0) is 11.2. The summed E-state index contributed by atoms with van der Waals surface area (Å²) in [6, 6.07) is 0. The van der Waals surface area contributed by atoms with Crippen LogP contribution in [-0.2, 0) is 20.1 Å². The van der Waals surface area contributed by atoms with Crippen LogP contribution in [0.2, 0.25) is 0 Å². The van der Waals surface area contributed by atoms with E-state index in [1.807, 2.05) is 0 Å². The van der Waals surface area contributed by atoms with Gasteiger partial charge in [0.25, 0.3) is 10.1 Å². The predicted octanol–water partition coefficient (Wildman–Crippen LogP) is -0.630. The van der Waals surface area contributed by atoms with Gasteiger partial charge in [-0.2, -0.15) is 8.42 Å². The number of rotatable bonds is 7. The van der Waals surface area contributed by atoms with Crippen molar-refractivity contribution in [2.24, 2.45) is 0 Å². The Morgan fingerprint density at radius 1 is 1.29 bits per heavy atom. The van der Waals surface area contributed by atoms with Gasteiger partial charge < -0.3 is 0 Å². The van der Waals surface area contributed by atoms with E-state index in [1.165, 1.54) is 6.08 Å². The van der Waals surface area contributed by atoms with Gasteiger partial charge in [0.05, 0.1) is 11.5 Å². The van der Waals surface area contributed by atoms with Gasteiger partial charge in [-0.15, -0.1) is 6.58 Å². The molecule has 2 N–H and O–H groups in total. The summed E-state index contributed by atoms with van der Waals surface area (Å²) >= 11 is 0. The van der Waals surface area contributed by atoms with Crippen LogP contribution in [0.25, 0.3) is 0 Å². The maximum Gasteiger partial charge on any atom is 0.264 e. The molecule has 0 aromatic heterocycles. The van der Waals surface area contributed by atoms with Crippen molar-refractivity contribution in [3.63, 3.8) is 0 Å². The van der Waals surface area contributed by atoms with E-state index in [1.54, 1.807) is 0 Å². The van der Waals surface area contributed by atoms with E-state index >= 15 is 0 Å². The van der Waals surface area contributed by atoms with Crippen molar-refractivity contribution in [1.29, 1.82) is 0 Å². The Bertz CT molecular complexity index is 369. The highest BCUT2D eigenvalue weighted by atomic mass is 32.2. The molecule has 0 saturated heterocycles. The molecule has 0 saturated carbocycles. The van der Waals surface area contributed by atoms with Gasteiger partial charge in [-0.1, -0.05) is 6.08 Å². The van der Waals surface area contributed by atoms with E-state index in [4.69, 9.17) is 4.55 Å². The van der Waals surface area contributed by atoms with E-state index in [0.29, 0.717) is 0 Å². The van der Waals surface area contributed by atoms with Crippen LogP contribution in [0.4, 0.5) is 0 Å². The van der Waals surface area contributed by atoms with Crippen molar-refractivity contribution < 1.29 is 21.4 Å². The van der Waals surface area contributed by atoms with Gasteiger partial charge in [-0.3, -0.25) is 4.55 Å². The zero-order valence-electron chi connectivity index (χ0n) is 7.51. The third kappa shape index (κ3) is 8.17. The molecule has 0 aliphatic rings. The molecule has 0 bridgehead atoms. The second-order valence-electron chi connectivity index (χ2n) is 2.60. The van der Waals surface area contributed by atoms with Crippen molar-refractivity contribution in [1.82, 2.24) is 4.72 Å². The highest BCUT2D eigenvalue weighted by Gasteiger charge is 2.08. The van der Waals surface area contributed by atoms with Crippen LogP contribution in [0.3, 0.4) is 0 Å². The molecule has 0 unspecified atom stereocenters. The first-order chi connectivity index (χ1) is 6.27. The fourth-order valence-corrected chi connectivity index (χ4v) is 2.09. The molecule has 0 heterocycles. The lowest BCUT2D eigenvalue weighted by atomic mass is 10.5. The summed E-state index contributed by atoms with van der Waals surface area (Å²) < 4.78 is 52.9. The molecular formula is C6H13NO5S2. The summed E-state index contributed by atoms with van der Waals surface area (Å²) in [5.41, 5.74) is 0. The first-order valence-electron chi connectivity index (χ1n) is 3.80. The molecule has 0 rings (SSSR count). The first-order valence-corrected chi connectivity index (χ1v) is 7.06. The van der Waals surface area contributed by atoms with Crippen LogP contribution < -0.4 is 4.72 Å². The first kappa shape index (κ1) is 13.6. The molecule has 0 aliphatic heterocycles. The lowest BCUT2D eigenvalue weighted by molar-refractivity contribution is 0.480. The standard InChI is InChI=1S/C6H13NO5S2/c1-2-5-13(8,9)7-4-3-6-14(10,11)12/h2,7H,1,3-6H2,(H,10,11,12). The maximum absolute atomic E-state index is 11.0. The molecule has 0 fully saturated rings. The average molecular weight is 243 g/mol. The molecule has 0 aliphatic carbocycles. The molecule has 0 aromatic carbocycles. The molecule has 0 spiro atoms. The minimum atomic E-state index is -4.01. The van der Waals surface area contributed by atoms with Crippen LogP contribution in [0.1, 0.15) is 6.42 Å². The van der Waals surface area contributed by atoms with E-state index in [2.05, 4.69) is 11.3 Å². The van der Waals surface area contributed by atoms with Crippen LogP contribution in [0, 0.1) is 0 Å². The summed E-state index contributed by atoms with van der Waals surface area (Å²) in [6.07, 6.45) is 1.26. The minimum Gasteiger partial charge on any atom is -0.286 e. The zero-order valence-corrected chi connectivity index (χ0v) is 9.14. The largest absolute Gasteiger partial charge is 0.286 e. The van der Waals surface area contributed by atoms with Crippen molar-refractivity contribution in [3.8, 4) is 0 Å². The van der Waals surface area contributed by atoms with Gasteiger partial charge >= 0.3 is 0 Å². The molecule has 0 atom stereocenters. The topological polar surface area (TPSA) is 101 Å². The summed E-state index contributed by atoms with van der Waals surface area (Å²) in [6.45, 7) is 3.24. The molecule has 84 valence electrons. The van der Waals surface area contributed by atoms with Crippen LogP contribution in [0.15, 0.2) is 12.7 Å². The Balaban J connectivity index is 3.81. The molecule has 0 amide bonds. The maximum atomic E-state index is 11.0. The molecule has 6 nitrogen and oxygen atoms in total. The Labute approximate surface area is 83.8 Å². The summed E-state index contributed by atoms with van der Waals surface area (Å²) in [5.74, 6) is -0.664. The van der Waals surface area contributed by atoms with Gasteiger partial charge in [0.1, 0.15) is 0 Å². The third-order valence-electron chi connectivity index (χ3n) is 1.24. The lowest BCUT2D eigenvalue weighted by Gasteiger charge is -2.02. The van der Waals surface area contributed by atoms with Crippen LogP contribution in [-0.4, -0.2) is 39.4 Å². The van der Waals surface area contributed by atoms with Gasteiger partial charge in [0, 0.05) is 6.54 Å².